The Morgan fingerprint density at radius 3 is 2.53 bits per heavy atom. The molecule has 0 heterocycles. The Morgan fingerprint density at radius 1 is 1.07 bits per heavy atom. The van der Waals surface area contributed by atoms with Gasteiger partial charge in [-0.3, -0.25) is 0 Å². The van der Waals surface area contributed by atoms with Gasteiger partial charge in [0.2, 0.25) is 0 Å². The molecule has 0 aliphatic carbocycles. The molecule has 1 atom stereocenters. The fourth-order valence-corrected chi connectivity index (χ4v) is 1.69. The molecule has 0 bridgehead atoms. The summed E-state index contributed by atoms with van der Waals surface area (Å²) in [6, 6.07) is 13.8. The fourth-order valence-electron chi connectivity index (χ4n) is 1.69. The zero-order valence-electron chi connectivity index (χ0n) is 8.36. The summed E-state index contributed by atoms with van der Waals surface area (Å²) in [7, 11) is 0. The van der Waals surface area contributed by atoms with Gasteiger partial charge in [-0.05, 0) is 16.3 Å². The van der Waals surface area contributed by atoms with Crippen LogP contribution in [0.3, 0.4) is 0 Å². The molecule has 0 unspecified atom stereocenters. The van der Waals surface area contributed by atoms with Crippen molar-refractivity contribution in [1.82, 2.24) is 0 Å². The van der Waals surface area contributed by atoms with Crippen LogP contribution in [0.4, 0.5) is 4.39 Å². The standard InChI is InChI=1S/C13H13FO/c14-13(9-15)8-10-5-6-11-3-1-2-4-12(11)7-10/h1-7,13,15H,8-9H2/t13-/m1/s1. The maximum atomic E-state index is 13.0. The monoisotopic (exact) mass is 204 g/mol. The van der Waals surface area contributed by atoms with Crippen LogP contribution in [0.5, 0.6) is 0 Å². The van der Waals surface area contributed by atoms with E-state index >= 15 is 0 Å². The quantitative estimate of drug-likeness (QED) is 0.815. The predicted molar refractivity (Wildman–Crippen MR) is 59.6 cm³/mol. The van der Waals surface area contributed by atoms with Gasteiger partial charge in [0.15, 0.2) is 0 Å². The Morgan fingerprint density at radius 2 is 1.80 bits per heavy atom. The van der Waals surface area contributed by atoms with Crippen molar-refractivity contribution in [2.24, 2.45) is 0 Å². The van der Waals surface area contributed by atoms with Crippen LogP contribution in [-0.2, 0) is 6.42 Å². The first-order valence-electron chi connectivity index (χ1n) is 5.02. The van der Waals surface area contributed by atoms with Crippen molar-refractivity contribution >= 4 is 10.8 Å². The van der Waals surface area contributed by atoms with E-state index in [1.807, 2.05) is 42.5 Å². The Kier molecular flexibility index (Phi) is 2.97. The number of hydrogen-bond acceptors (Lipinski definition) is 1. The first-order chi connectivity index (χ1) is 7.29. The lowest BCUT2D eigenvalue weighted by atomic mass is 10.0. The van der Waals surface area contributed by atoms with E-state index in [0.29, 0.717) is 0 Å². The van der Waals surface area contributed by atoms with Crippen molar-refractivity contribution in [3.05, 3.63) is 48.0 Å². The van der Waals surface area contributed by atoms with Crippen molar-refractivity contribution in [3.63, 3.8) is 0 Å². The lowest BCUT2D eigenvalue weighted by molar-refractivity contribution is 0.177. The predicted octanol–water partition coefficient (Wildman–Crippen LogP) is 2.71. The average Bonchev–Trinajstić information content (AvgIpc) is 2.29. The minimum absolute atomic E-state index is 0.279. The summed E-state index contributed by atoms with van der Waals surface area (Å²) in [5, 5.41) is 10.9. The SMILES string of the molecule is OC[C@H](F)Cc1ccc2ccccc2c1. The number of aliphatic hydroxyl groups excluding tert-OH is 1. The van der Waals surface area contributed by atoms with Crippen LogP contribution < -0.4 is 0 Å². The van der Waals surface area contributed by atoms with Crippen LogP contribution in [0.2, 0.25) is 0 Å². The summed E-state index contributed by atoms with van der Waals surface area (Å²) < 4.78 is 13.0. The highest BCUT2D eigenvalue weighted by Crippen LogP contribution is 2.17. The zero-order valence-corrected chi connectivity index (χ0v) is 8.36. The molecule has 0 aliphatic heterocycles. The van der Waals surface area contributed by atoms with E-state index < -0.39 is 12.8 Å². The topological polar surface area (TPSA) is 20.2 Å². The van der Waals surface area contributed by atoms with Crippen LogP contribution in [0.25, 0.3) is 10.8 Å². The van der Waals surface area contributed by atoms with E-state index in [1.165, 1.54) is 0 Å². The molecule has 0 saturated carbocycles. The minimum Gasteiger partial charge on any atom is -0.393 e. The van der Waals surface area contributed by atoms with Crippen LogP contribution in [0.15, 0.2) is 42.5 Å². The third kappa shape index (κ3) is 2.34. The third-order valence-corrected chi connectivity index (χ3v) is 2.47. The molecule has 78 valence electrons. The Labute approximate surface area is 88.2 Å². The molecule has 0 aromatic heterocycles. The van der Waals surface area contributed by atoms with Crippen molar-refractivity contribution in [1.29, 1.82) is 0 Å². The molecule has 1 N–H and O–H groups in total. The summed E-state index contributed by atoms with van der Waals surface area (Å²) in [5.41, 5.74) is 0.926. The number of fused-ring (bicyclic) bond motifs is 1. The van der Waals surface area contributed by atoms with E-state index in [9.17, 15) is 4.39 Å². The van der Waals surface area contributed by atoms with Gasteiger partial charge < -0.3 is 5.11 Å². The van der Waals surface area contributed by atoms with Crippen molar-refractivity contribution < 1.29 is 9.50 Å². The zero-order chi connectivity index (χ0) is 10.7. The van der Waals surface area contributed by atoms with Crippen molar-refractivity contribution in [2.75, 3.05) is 6.61 Å². The van der Waals surface area contributed by atoms with Crippen LogP contribution >= 0.6 is 0 Å². The maximum Gasteiger partial charge on any atom is 0.127 e. The first-order valence-corrected chi connectivity index (χ1v) is 5.02. The maximum absolute atomic E-state index is 13.0. The fraction of sp³-hybridized carbons (Fsp3) is 0.231. The van der Waals surface area contributed by atoms with E-state index in [4.69, 9.17) is 5.11 Å². The molecule has 15 heavy (non-hydrogen) atoms. The number of hydrogen-bond donors (Lipinski definition) is 1. The Hall–Kier alpha value is -1.41. The second-order valence-electron chi connectivity index (χ2n) is 3.67. The van der Waals surface area contributed by atoms with E-state index in [-0.39, 0.29) is 6.42 Å². The van der Waals surface area contributed by atoms with Gasteiger partial charge in [0.05, 0.1) is 6.61 Å². The largest absolute Gasteiger partial charge is 0.393 e. The average molecular weight is 204 g/mol. The molecule has 0 spiro atoms. The molecular formula is C13H13FO. The van der Waals surface area contributed by atoms with Crippen LogP contribution in [-0.4, -0.2) is 17.9 Å². The molecule has 0 amide bonds. The summed E-state index contributed by atoms with van der Waals surface area (Å²) >= 11 is 0. The number of benzene rings is 2. The molecule has 2 aromatic rings. The molecule has 0 saturated heterocycles. The van der Waals surface area contributed by atoms with Gasteiger partial charge in [-0.25, -0.2) is 4.39 Å². The van der Waals surface area contributed by atoms with Gasteiger partial charge in [-0.1, -0.05) is 42.5 Å². The summed E-state index contributed by atoms with van der Waals surface area (Å²) in [6.45, 7) is -0.410. The Balaban J connectivity index is 2.30. The van der Waals surface area contributed by atoms with Crippen molar-refractivity contribution in [2.45, 2.75) is 12.6 Å². The highest BCUT2D eigenvalue weighted by molar-refractivity contribution is 5.82. The lowest BCUT2D eigenvalue weighted by Crippen LogP contribution is -2.09. The van der Waals surface area contributed by atoms with E-state index in [2.05, 4.69) is 0 Å². The van der Waals surface area contributed by atoms with Gasteiger partial charge in [0.25, 0.3) is 0 Å². The third-order valence-electron chi connectivity index (χ3n) is 2.47. The normalized spacial score (nSPS) is 12.9. The van der Waals surface area contributed by atoms with Crippen molar-refractivity contribution in [3.8, 4) is 0 Å². The van der Waals surface area contributed by atoms with Crippen LogP contribution in [0.1, 0.15) is 5.56 Å². The van der Waals surface area contributed by atoms with Gasteiger partial charge in [-0.15, -0.1) is 0 Å². The molecule has 0 radical (unpaired) electrons. The number of aliphatic hydroxyl groups is 1. The van der Waals surface area contributed by atoms with Gasteiger partial charge in [0.1, 0.15) is 6.17 Å². The van der Waals surface area contributed by atoms with Gasteiger partial charge in [-0.2, -0.15) is 0 Å². The Bertz CT molecular complexity index is 453. The molecule has 1 nitrogen and oxygen atoms in total. The summed E-state index contributed by atoms with van der Waals surface area (Å²) in [5.74, 6) is 0. The first kappa shape index (κ1) is 10.1. The number of alkyl halides is 1. The summed E-state index contributed by atoms with van der Waals surface area (Å²) in [4.78, 5) is 0. The highest BCUT2D eigenvalue weighted by Gasteiger charge is 2.05. The lowest BCUT2D eigenvalue weighted by Gasteiger charge is -2.06. The number of rotatable bonds is 3. The van der Waals surface area contributed by atoms with Gasteiger partial charge in [0, 0.05) is 6.42 Å². The van der Waals surface area contributed by atoms with E-state index in [0.717, 1.165) is 16.3 Å². The molecule has 2 rings (SSSR count). The second-order valence-corrected chi connectivity index (χ2v) is 3.67. The number of halogens is 1. The molecule has 0 aliphatic rings. The second kappa shape index (κ2) is 4.41. The minimum atomic E-state index is -1.16. The van der Waals surface area contributed by atoms with Crippen LogP contribution in [0, 0.1) is 0 Å². The molecule has 2 heteroatoms. The van der Waals surface area contributed by atoms with E-state index in [1.54, 1.807) is 0 Å². The highest BCUT2D eigenvalue weighted by atomic mass is 19.1. The molecular weight excluding hydrogens is 191 g/mol. The molecule has 0 fully saturated rings. The smallest absolute Gasteiger partial charge is 0.127 e. The molecule has 2 aromatic carbocycles. The summed E-state index contributed by atoms with van der Waals surface area (Å²) in [6.07, 6.45) is -0.882. The van der Waals surface area contributed by atoms with Gasteiger partial charge >= 0.3 is 0 Å².